The highest BCUT2D eigenvalue weighted by Crippen LogP contribution is 2.46. The lowest BCUT2D eigenvalue weighted by Gasteiger charge is -2.36. The zero-order valence-electron chi connectivity index (χ0n) is 33.7. The van der Waals surface area contributed by atoms with Crippen LogP contribution in [0.3, 0.4) is 0 Å². The van der Waals surface area contributed by atoms with Crippen LogP contribution in [0.4, 0.5) is 0 Å². The third kappa shape index (κ3) is 12.7. The minimum atomic E-state index is -4.99. The summed E-state index contributed by atoms with van der Waals surface area (Å²) in [6.45, 7) is 5.40. The van der Waals surface area contributed by atoms with Gasteiger partial charge in [-0.05, 0) is 65.0 Å². The molecule has 1 aliphatic carbocycles. The first-order valence-corrected chi connectivity index (χ1v) is 21.7. The van der Waals surface area contributed by atoms with Gasteiger partial charge in [0.05, 0.1) is 52.4 Å². The van der Waals surface area contributed by atoms with Crippen molar-refractivity contribution in [3.05, 3.63) is 138 Å². The molecule has 1 N–H and O–H groups in total. The smallest absolute Gasteiger partial charge is 0.397 e. The molecule has 1 saturated heterocycles. The Morgan fingerprint density at radius 2 is 1.26 bits per heavy atom. The van der Waals surface area contributed by atoms with Gasteiger partial charge in [-0.3, -0.25) is 4.55 Å². The average molecular weight is 819 g/mol. The molecule has 2 fully saturated rings. The number of benzene rings is 4. The van der Waals surface area contributed by atoms with Gasteiger partial charge in [-0.1, -0.05) is 130 Å². The van der Waals surface area contributed by atoms with Crippen LogP contribution >= 0.6 is 0 Å². The fourth-order valence-electron chi connectivity index (χ4n) is 8.57. The molecule has 12 heteroatoms. The molecule has 1 saturated carbocycles. The summed E-state index contributed by atoms with van der Waals surface area (Å²) in [5.41, 5.74) is 3.84. The Bertz CT molecular complexity index is 1860. The highest BCUT2D eigenvalue weighted by molar-refractivity contribution is 7.80. The van der Waals surface area contributed by atoms with E-state index in [4.69, 9.17) is 37.3 Å². The number of ether oxygens (including phenoxy) is 7. The van der Waals surface area contributed by atoms with Gasteiger partial charge in [-0.25, -0.2) is 4.18 Å². The van der Waals surface area contributed by atoms with Crippen molar-refractivity contribution in [2.45, 2.75) is 103 Å². The van der Waals surface area contributed by atoms with E-state index in [-0.39, 0.29) is 50.5 Å². The summed E-state index contributed by atoms with van der Waals surface area (Å²) in [6.07, 6.45) is -1.87. The van der Waals surface area contributed by atoms with E-state index < -0.39 is 40.9 Å². The van der Waals surface area contributed by atoms with Crippen molar-refractivity contribution in [2.75, 3.05) is 20.5 Å². The van der Waals surface area contributed by atoms with Gasteiger partial charge in [0, 0.05) is 0 Å². The van der Waals surface area contributed by atoms with Gasteiger partial charge in [-0.15, -0.1) is 0 Å². The quantitative estimate of drug-likeness (QED) is 0.0815. The van der Waals surface area contributed by atoms with Crippen LogP contribution in [0, 0.1) is 17.8 Å². The Morgan fingerprint density at radius 1 is 0.690 bits per heavy atom. The molecule has 0 amide bonds. The third-order valence-electron chi connectivity index (χ3n) is 11.4. The molecule has 1 aliphatic heterocycles. The maximum Gasteiger partial charge on any atom is 0.397 e. The molecule has 6 rings (SSSR count). The second-order valence-corrected chi connectivity index (χ2v) is 16.2. The van der Waals surface area contributed by atoms with Crippen LogP contribution in [-0.4, -0.2) is 70.1 Å². The monoisotopic (exact) mass is 818 g/mol. The molecule has 314 valence electrons. The molecule has 0 spiro atoms. The molecule has 11 nitrogen and oxygen atoms in total. The Balaban J connectivity index is 1.28. The Labute approximate surface area is 343 Å². The molecule has 0 aromatic heterocycles. The molecule has 9 atom stereocenters. The first-order valence-electron chi connectivity index (χ1n) is 20.3. The zero-order chi connectivity index (χ0) is 40.7. The van der Waals surface area contributed by atoms with E-state index in [9.17, 15) is 13.0 Å². The summed E-state index contributed by atoms with van der Waals surface area (Å²) >= 11 is 0. The second kappa shape index (κ2) is 22.1. The number of hydrogen-bond donors (Lipinski definition) is 1. The van der Waals surface area contributed by atoms with Crippen molar-refractivity contribution in [1.82, 2.24) is 0 Å². The van der Waals surface area contributed by atoms with Crippen LogP contribution in [0.25, 0.3) is 0 Å². The Kier molecular flexibility index (Phi) is 16.7. The molecule has 0 bridgehead atoms. The highest BCUT2D eigenvalue weighted by atomic mass is 32.3. The van der Waals surface area contributed by atoms with Gasteiger partial charge < -0.3 is 33.2 Å². The van der Waals surface area contributed by atoms with Crippen LogP contribution < -0.4 is 4.74 Å². The van der Waals surface area contributed by atoms with E-state index in [0.717, 1.165) is 47.3 Å². The summed E-state index contributed by atoms with van der Waals surface area (Å²) in [5, 5.41) is 0. The summed E-state index contributed by atoms with van der Waals surface area (Å²) in [5.74, 6) is 1.45. The van der Waals surface area contributed by atoms with Gasteiger partial charge in [0.15, 0.2) is 0 Å². The van der Waals surface area contributed by atoms with E-state index in [1.807, 2.05) is 115 Å². The summed E-state index contributed by atoms with van der Waals surface area (Å²) < 4.78 is 85.8. The molecule has 0 radical (unpaired) electrons. The van der Waals surface area contributed by atoms with Gasteiger partial charge in [0.1, 0.15) is 37.0 Å². The van der Waals surface area contributed by atoms with Gasteiger partial charge in [-0.2, -0.15) is 8.42 Å². The van der Waals surface area contributed by atoms with Crippen LogP contribution in [0.15, 0.2) is 115 Å². The topological polar surface area (TPSA) is 128 Å². The van der Waals surface area contributed by atoms with Crippen LogP contribution in [-0.2, 0) is 69.4 Å². The fraction of sp³-hybridized carbons (Fsp3) is 0.478. The van der Waals surface area contributed by atoms with Crippen molar-refractivity contribution in [1.29, 1.82) is 0 Å². The minimum absolute atomic E-state index is 0.0135. The predicted octanol–water partition coefficient (Wildman–Crippen LogP) is 8.36. The molecule has 58 heavy (non-hydrogen) atoms. The second-order valence-electron chi connectivity index (χ2n) is 15.1. The number of methoxy groups -OCH3 is 1. The molecule has 4 aromatic rings. The van der Waals surface area contributed by atoms with Gasteiger partial charge >= 0.3 is 10.4 Å². The SMILES string of the molecule is CC[C@H]1[C@H](OCc2ccc(OC)cc2)CC(C[C@H]2OCO[C@H]([C@H](COCc3ccccc3)OCc3ccccc3)[C@@H](OCc3ccccc3)[C@@H]2OS(=O)(=O)O)[C@@H]1CC. The van der Waals surface area contributed by atoms with Crippen LogP contribution in [0.5, 0.6) is 5.75 Å². The third-order valence-corrected chi connectivity index (χ3v) is 11.9. The van der Waals surface area contributed by atoms with Crippen LogP contribution in [0.2, 0.25) is 0 Å². The maximum absolute atomic E-state index is 12.8. The van der Waals surface area contributed by atoms with E-state index in [0.29, 0.717) is 19.6 Å². The summed E-state index contributed by atoms with van der Waals surface area (Å²) in [6, 6.07) is 37.0. The largest absolute Gasteiger partial charge is 0.497 e. The van der Waals surface area contributed by atoms with Crippen LogP contribution in [0.1, 0.15) is 61.8 Å². The Morgan fingerprint density at radius 3 is 1.84 bits per heavy atom. The molecular formula is C46H58O11S. The van der Waals surface area contributed by atoms with Crippen molar-refractivity contribution in [2.24, 2.45) is 17.8 Å². The lowest BCUT2D eigenvalue weighted by atomic mass is 9.81. The number of hydrogen-bond acceptors (Lipinski definition) is 10. The predicted molar refractivity (Wildman–Crippen MR) is 219 cm³/mol. The number of rotatable bonds is 21. The molecule has 2 aliphatic rings. The highest BCUT2D eigenvalue weighted by Gasteiger charge is 2.50. The van der Waals surface area contributed by atoms with E-state index >= 15 is 0 Å². The minimum Gasteiger partial charge on any atom is -0.497 e. The van der Waals surface area contributed by atoms with Crippen molar-refractivity contribution in [3.63, 3.8) is 0 Å². The van der Waals surface area contributed by atoms with Crippen molar-refractivity contribution < 1.29 is 50.3 Å². The first kappa shape index (κ1) is 43.9. The Hall–Kier alpha value is -3.69. The van der Waals surface area contributed by atoms with Gasteiger partial charge in [0.2, 0.25) is 0 Å². The van der Waals surface area contributed by atoms with Crippen molar-refractivity contribution >= 4 is 10.4 Å². The standard InChI is InChI=1S/C46H58O11S/c1-4-39-37(25-41(40(39)5-2)52-29-36-21-23-38(50-3)24-22-36)26-42-45(57-58(47,48)49)46(54-30-35-19-13-8-14-20-35)44(56-32-55-42)43(53-28-34-17-11-7-12-18-34)31-51-27-33-15-9-6-10-16-33/h6-24,37,39-46H,4-5,25-32H2,1-3H3,(H,47,48,49)/t37?,39-,40+,41+,42+,43-,44+,45+,46+/m0/s1. The summed E-state index contributed by atoms with van der Waals surface area (Å²) in [7, 11) is -3.34. The van der Waals surface area contributed by atoms with E-state index in [1.165, 1.54) is 0 Å². The maximum atomic E-state index is 12.8. The normalized spacial score (nSPS) is 25.6. The van der Waals surface area contributed by atoms with E-state index in [1.54, 1.807) is 7.11 Å². The molecular weight excluding hydrogens is 761 g/mol. The molecule has 4 aromatic carbocycles. The van der Waals surface area contributed by atoms with Crippen molar-refractivity contribution in [3.8, 4) is 5.75 Å². The summed E-state index contributed by atoms with van der Waals surface area (Å²) in [4.78, 5) is 0. The van der Waals surface area contributed by atoms with E-state index in [2.05, 4.69) is 13.8 Å². The lowest BCUT2D eigenvalue weighted by Crippen LogP contribution is -2.53. The molecule has 1 heterocycles. The first-order chi connectivity index (χ1) is 28.2. The molecule has 1 unspecified atom stereocenters. The fourth-order valence-corrected chi connectivity index (χ4v) is 9.09. The van der Waals surface area contributed by atoms with Gasteiger partial charge in [0.25, 0.3) is 0 Å². The average Bonchev–Trinajstić information content (AvgIpc) is 3.50. The zero-order valence-corrected chi connectivity index (χ0v) is 34.5. The lowest BCUT2D eigenvalue weighted by molar-refractivity contribution is -0.184.